The number of hydrogen-bond acceptors (Lipinski definition) is 5. The fourth-order valence-electron chi connectivity index (χ4n) is 3.54. The van der Waals surface area contributed by atoms with E-state index in [4.69, 9.17) is 16.3 Å². The van der Waals surface area contributed by atoms with E-state index in [1.165, 1.54) is 11.8 Å². The molecule has 0 aliphatic carbocycles. The lowest BCUT2D eigenvalue weighted by molar-refractivity contribution is -0.129. The highest BCUT2D eigenvalue weighted by molar-refractivity contribution is 8.03. The Morgan fingerprint density at radius 1 is 1.25 bits per heavy atom. The molecule has 142 valence electrons. The van der Waals surface area contributed by atoms with Crippen LogP contribution in [-0.4, -0.2) is 30.5 Å². The van der Waals surface area contributed by atoms with Gasteiger partial charge in [0.1, 0.15) is 5.75 Å². The molecule has 4 rings (SSSR count). The molecule has 2 aromatic rings. The lowest BCUT2D eigenvalue weighted by Crippen LogP contribution is -2.47. The lowest BCUT2D eigenvalue weighted by atomic mass is 9.86. The number of thioether (sulfide) groups is 1. The van der Waals surface area contributed by atoms with Crippen LogP contribution in [0.25, 0.3) is 0 Å². The van der Waals surface area contributed by atoms with Gasteiger partial charge in [-0.15, -0.1) is 0 Å². The molecular weight excluding hydrogens is 394 g/mol. The van der Waals surface area contributed by atoms with E-state index in [0.717, 1.165) is 22.0 Å². The largest absolute Gasteiger partial charge is 0.497 e. The highest BCUT2D eigenvalue weighted by Gasteiger charge is 2.38. The Labute approximate surface area is 173 Å². The third-order valence-corrected chi connectivity index (χ3v) is 6.35. The van der Waals surface area contributed by atoms with Gasteiger partial charge in [0.25, 0.3) is 0 Å². The van der Waals surface area contributed by atoms with Crippen LogP contribution in [0.15, 0.2) is 59.1 Å². The van der Waals surface area contributed by atoms with E-state index >= 15 is 0 Å². The van der Waals surface area contributed by atoms with Crippen LogP contribution in [0.4, 0.5) is 5.69 Å². The van der Waals surface area contributed by atoms with Gasteiger partial charge in [0, 0.05) is 23.0 Å². The van der Waals surface area contributed by atoms with Gasteiger partial charge in [-0.05, 0) is 35.9 Å². The number of halogens is 1. The predicted molar refractivity (Wildman–Crippen MR) is 111 cm³/mol. The van der Waals surface area contributed by atoms with E-state index in [2.05, 4.69) is 11.0 Å². The van der Waals surface area contributed by atoms with Gasteiger partial charge in [0.2, 0.25) is 5.91 Å². The predicted octanol–water partition coefficient (Wildman–Crippen LogP) is 4.57. The van der Waals surface area contributed by atoms with Crippen molar-refractivity contribution in [1.82, 2.24) is 4.90 Å². The van der Waals surface area contributed by atoms with Crippen LogP contribution in [0.1, 0.15) is 17.9 Å². The highest BCUT2D eigenvalue weighted by atomic mass is 35.5. The number of benzene rings is 2. The molecular formula is C21H18ClN3O2S. The lowest BCUT2D eigenvalue weighted by Gasteiger charge is -2.42. The molecule has 0 unspecified atom stereocenters. The number of hydrogen-bond donors (Lipinski definition) is 0. The summed E-state index contributed by atoms with van der Waals surface area (Å²) in [6.45, 7) is 0.414. The number of nitriles is 1. The Morgan fingerprint density at radius 3 is 2.82 bits per heavy atom. The van der Waals surface area contributed by atoms with E-state index in [0.29, 0.717) is 23.1 Å². The Hall–Kier alpha value is -2.62. The molecule has 0 spiro atoms. The molecule has 1 fully saturated rings. The Balaban J connectivity index is 1.67. The summed E-state index contributed by atoms with van der Waals surface area (Å²) in [6.07, 6.45) is 0.267. The van der Waals surface area contributed by atoms with Crippen molar-refractivity contribution in [2.45, 2.75) is 12.3 Å². The molecule has 1 amide bonds. The van der Waals surface area contributed by atoms with Crippen molar-refractivity contribution in [1.29, 1.82) is 5.26 Å². The summed E-state index contributed by atoms with van der Waals surface area (Å²) in [6, 6.07) is 17.5. The Morgan fingerprint density at radius 2 is 2.07 bits per heavy atom. The van der Waals surface area contributed by atoms with E-state index in [1.807, 2.05) is 48.5 Å². The van der Waals surface area contributed by atoms with Gasteiger partial charge in [0.15, 0.2) is 0 Å². The summed E-state index contributed by atoms with van der Waals surface area (Å²) in [5.41, 5.74) is 2.53. The number of allylic oxidation sites excluding steroid dienone is 1. The molecule has 5 nitrogen and oxygen atoms in total. The molecule has 28 heavy (non-hydrogen) atoms. The van der Waals surface area contributed by atoms with Crippen molar-refractivity contribution in [3.63, 3.8) is 0 Å². The first-order valence-corrected chi connectivity index (χ1v) is 10.2. The van der Waals surface area contributed by atoms with Gasteiger partial charge >= 0.3 is 0 Å². The standard InChI is InChI=1S/C21H18ClN3O2S/c1-27-17-7-2-4-14(8-17)18-10-20(26)25-12-24(13-28-21(25)19(18)11-23)16-6-3-5-15(22)9-16/h2-9,18H,10,12-13H2,1H3/t18-/m1/s1. The maximum absolute atomic E-state index is 13.0. The highest BCUT2D eigenvalue weighted by Crippen LogP contribution is 2.43. The van der Waals surface area contributed by atoms with Crippen LogP contribution >= 0.6 is 23.4 Å². The quantitative estimate of drug-likeness (QED) is 0.740. The number of amides is 1. The second-order valence-electron chi connectivity index (χ2n) is 6.62. The first kappa shape index (κ1) is 18.7. The topological polar surface area (TPSA) is 56.6 Å². The molecule has 1 saturated heterocycles. The van der Waals surface area contributed by atoms with Crippen molar-refractivity contribution in [2.24, 2.45) is 0 Å². The minimum atomic E-state index is -0.246. The van der Waals surface area contributed by atoms with Crippen LogP contribution < -0.4 is 9.64 Å². The second-order valence-corrected chi connectivity index (χ2v) is 7.99. The molecule has 2 aliphatic heterocycles. The van der Waals surface area contributed by atoms with Crippen molar-refractivity contribution < 1.29 is 9.53 Å². The smallest absolute Gasteiger partial charge is 0.229 e. The van der Waals surface area contributed by atoms with Crippen molar-refractivity contribution >= 4 is 35.0 Å². The molecule has 0 aromatic heterocycles. The van der Waals surface area contributed by atoms with E-state index < -0.39 is 0 Å². The monoisotopic (exact) mass is 411 g/mol. The molecule has 2 aromatic carbocycles. The number of anilines is 1. The number of nitrogens with zero attached hydrogens (tertiary/aromatic N) is 3. The van der Waals surface area contributed by atoms with Crippen LogP contribution in [0.3, 0.4) is 0 Å². The minimum absolute atomic E-state index is 0.0149. The van der Waals surface area contributed by atoms with Crippen molar-refractivity contribution in [3.8, 4) is 11.8 Å². The van der Waals surface area contributed by atoms with Crippen molar-refractivity contribution in [2.75, 3.05) is 24.6 Å². The second kappa shape index (κ2) is 7.78. The van der Waals surface area contributed by atoms with E-state index in [9.17, 15) is 10.1 Å². The normalized spacial score (nSPS) is 19.3. The van der Waals surface area contributed by atoms with Gasteiger partial charge < -0.3 is 9.64 Å². The molecule has 0 bridgehead atoms. The summed E-state index contributed by atoms with van der Waals surface area (Å²) in [5.74, 6) is 1.14. The van der Waals surface area contributed by atoms with Gasteiger partial charge in [-0.25, -0.2) is 0 Å². The van der Waals surface area contributed by atoms with Gasteiger partial charge in [-0.3, -0.25) is 9.69 Å². The number of carbonyl (C=O) groups excluding carboxylic acids is 1. The van der Waals surface area contributed by atoms with Crippen LogP contribution in [0, 0.1) is 11.3 Å². The Bertz CT molecular complexity index is 1000. The molecule has 2 aliphatic rings. The number of rotatable bonds is 3. The fourth-order valence-corrected chi connectivity index (χ4v) is 4.89. The van der Waals surface area contributed by atoms with Gasteiger partial charge in [0.05, 0.1) is 36.3 Å². The number of fused-ring (bicyclic) bond motifs is 1. The molecule has 0 N–H and O–H groups in total. The summed E-state index contributed by atoms with van der Waals surface area (Å²) in [7, 11) is 1.61. The Kier molecular flexibility index (Phi) is 5.21. The first-order chi connectivity index (χ1) is 13.6. The average Bonchev–Trinajstić information content (AvgIpc) is 2.73. The zero-order valence-corrected chi connectivity index (χ0v) is 16.8. The zero-order chi connectivity index (χ0) is 19.7. The number of ether oxygens (including phenoxy) is 1. The summed E-state index contributed by atoms with van der Waals surface area (Å²) in [5, 5.41) is 11.3. The summed E-state index contributed by atoms with van der Waals surface area (Å²) < 4.78 is 5.30. The third kappa shape index (κ3) is 3.44. The van der Waals surface area contributed by atoms with Gasteiger partial charge in [-0.2, -0.15) is 5.26 Å². The number of carbonyl (C=O) groups is 1. The van der Waals surface area contributed by atoms with Crippen molar-refractivity contribution in [3.05, 3.63) is 69.7 Å². The van der Waals surface area contributed by atoms with E-state index in [-0.39, 0.29) is 18.2 Å². The molecule has 7 heteroatoms. The molecule has 0 saturated carbocycles. The van der Waals surface area contributed by atoms with E-state index in [1.54, 1.807) is 12.0 Å². The summed E-state index contributed by atoms with van der Waals surface area (Å²) >= 11 is 7.63. The maximum atomic E-state index is 13.0. The molecule has 0 radical (unpaired) electrons. The number of methoxy groups -OCH3 is 1. The summed E-state index contributed by atoms with van der Waals surface area (Å²) in [4.78, 5) is 16.8. The minimum Gasteiger partial charge on any atom is -0.497 e. The molecule has 1 atom stereocenters. The maximum Gasteiger partial charge on any atom is 0.229 e. The van der Waals surface area contributed by atoms with Gasteiger partial charge in [-0.1, -0.05) is 41.6 Å². The average molecular weight is 412 g/mol. The SMILES string of the molecule is COc1cccc([C@H]2CC(=O)N3CN(c4cccc(Cl)c4)CSC3=C2C#N)c1. The van der Waals surface area contributed by atoms with Crippen LogP contribution in [-0.2, 0) is 4.79 Å². The zero-order valence-electron chi connectivity index (χ0n) is 15.3. The van der Waals surface area contributed by atoms with Crippen LogP contribution in [0.2, 0.25) is 5.02 Å². The van der Waals surface area contributed by atoms with Crippen LogP contribution in [0.5, 0.6) is 5.75 Å². The molecule has 2 heterocycles. The first-order valence-electron chi connectivity index (χ1n) is 8.82. The fraction of sp³-hybridized carbons (Fsp3) is 0.238. The third-order valence-electron chi connectivity index (χ3n) is 4.96.